The first-order valence-electron chi connectivity index (χ1n) is 8.24. The van der Waals surface area contributed by atoms with Gasteiger partial charge in [-0.15, -0.1) is 35.3 Å². The van der Waals surface area contributed by atoms with Crippen LogP contribution in [0.15, 0.2) is 21.3 Å². The molecule has 0 amide bonds. The fourth-order valence-corrected chi connectivity index (χ4v) is 5.14. The molecule has 0 saturated heterocycles. The van der Waals surface area contributed by atoms with E-state index in [1.54, 1.807) is 26.0 Å². The van der Waals surface area contributed by atoms with Crippen molar-refractivity contribution in [2.45, 2.75) is 37.1 Å². The summed E-state index contributed by atoms with van der Waals surface area (Å²) < 4.78 is 63.0. The van der Waals surface area contributed by atoms with Crippen LogP contribution in [0.1, 0.15) is 25.1 Å². The fraction of sp³-hybridized carbons (Fsp3) is 0.667. The molecule has 0 saturated carbocycles. The average Bonchev–Trinajstić information content (AvgIpc) is 3.03. The van der Waals surface area contributed by atoms with Gasteiger partial charge in [-0.2, -0.15) is 17.5 Å². The lowest BCUT2D eigenvalue weighted by molar-refractivity contribution is -0.132. The highest BCUT2D eigenvalue weighted by atomic mass is 127. The van der Waals surface area contributed by atoms with E-state index in [9.17, 15) is 21.6 Å². The molecule has 0 aliphatic heterocycles. The summed E-state index contributed by atoms with van der Waals surface area (Å²) in [5.74, 6) is 0.279. The molecular formula is C15H26F3IN4O2S2. The fourth-order valence-electron chi connectivity index (χ4n) is 2.17. The zero-order chi connectivity index (χ0) is 19.8. The average molecular weight is 542 g/mol. The van der Waals surface area contributed by atoms with E-state index in [0.29, 0.717) is 30.3 Å². The van der Waals surface area contributed by atoms with Crippen LogP contribution >= 0.6 is 35.3 Å². The summed E-state index contributed by atoms with van der Waals surface area (Å²) in [4.78, 5) is 4.73. The summed E-state index contributed by atoms with van der Waals surface area (Å²) in [5.41, 5.74) is 0. The molecule has 1 heterocycles. The molecule has 0 aromatic carbocycles. The van der Waals surface area contributed by atoms with Gasteiger partial charge in [0, 0.05) is 38.1 Å². The van der Waals surface area contributed by atoms with Crippen LogP contribution in [-0.2, 0) is 16.4 Å². The lowest BCUT2D eigenvalue weighted by Crippen LogP contribution is -2.39. The highest BCUT2D eigenvalue weighted by Gasteiger charge is 2.26. The Labute approximate surface area is 179 Å². The third-order valence-electron chi connectivity index (χ3n) is 3.52. The number of alkyl halides is 3. The summed E-state index contributed by atoms with van der Waals surface area (Å²) in [6, 6.07) is 3.34. The van der Waals surface area contributed by atoms with Gasteiger partial charge in [0.2, 0.25) is 0 Å². The second-order valence-corrected chi connectivity index (χ2v) is 8.68. The first kappa shape index (κ1) is 26.4. The maximum atomic E-state index is 12.4. The van der Waals surface area contributed by atoms with E-state index in [4.69, 9.17) is 0 Å². The van der Waals surface area contributed by atoms with Crippen LogP contribution in [0.4, 0.5) is 13.2 Å². The SMILES string of the molecule is CCN(CC)S(=O)(=O)c1ccc(CCNC(=NC)NCCC(F)(F)F)s1.I. The molecule has 0 spiro atoms. The molecule has 27 heavy (non-hydrogen) atoms. The number of nitrogens with zero attached hydrogens (tertiary/aromatic N) is 2. The number of nitrogens with one attached hydrogen (secondary N) is 2. The van der Waals surface area contributed by atoms with Gasteiger partial charge >= 0.3 is 6.18 Å². The molecule has 1 aromatic heterocycles. The van der Waals surface area contributed by atoms with Crippen LogP contribution < -0.4 is 10.6 Å². The van der Waals surface area contributed by atoms with E-state index in [1.807, 2.05) is 0 Å². The molecule has 1 rings (SSSR count). The van der Waals surface area contributed by atoms with Crippen molar-refractivity contribution >= 4 is 51.3 Å². The molecule has 0 bridgehead atoms. The number of aliphatic imine (C=N–C) groups is 1. The Kier molecular flexibility index (Phi) is 11.8. The second kappa shape index (κ2) is 12.1. The lowest BCUT2D eigenvalue weighted by atomic mass is 10.3. The number of hydrogen-bond acceptors (Lipinski definition) is 4. The molecule has 0 radical (unpaired) electrons. The van der Waals surface area contributed by atoms with Gasteiger partial charge < -0.3 is 10.6 Å². The third kappa shape index (κ3) is 8.96. The Bertz CT molecular complexity index is 689. The van der Waals surface area contributed by atoms with Gasteiger partial charge in [0.25, 0.3) is 10.0 Å². The van der Waals surface area contributed by atoms with Gasteiger partial charge in [0.1, 0.15) is 4.21 Å². The molecule has 0 unspecified atom stereocenters. The minimum absolute atomic E-state index is 0. The predicted octanol–water partition coefficient (Wildman–Crippen LogP) is 3.06. The number of hydrogen-bond donors (Lipinski definition) is 2. The van der Waals surface area contributed by atoms with Crippen LogP contribution in [0.25, 0.3) is 0 Å². The van der Waals surface area contributed by atoms with Crippen LogP contribution in [0, 0.1) is 0 Å². The van der Waals surface area contributed by atoms with E-state index in [2.05, 4.69) is 15.6 Å². The van der Waals surface area contributed by atoms with Gasteiger partial charge in [-0.3, -0.25) is 4.99 Å². The molecule has 158 valence electrons. The highest BCUT2D eigenvalue weighted by molar-refractivity contribution is 14.0. The number of thiophene rings is 1. The molecule has 0 aliphatic carbocycles. The monoisotopic (exact) mass is 542 g/mol. The Morgan fingerprint density at radius 1 is 1.19 bits per heavy atom. The number of sulfonamides is 1. The van der Waals surface area contributed by atoms with Crippen molar-refractivity contribution in [1.29, 1.82) is 0 Å². The minimum Gasteiger partial charge on any atom is -0.356 e. The second-order valence-electron chi connectivity index (χ2n) is 5.35. The maximum Gasteiger partial charge on any atom is 0.390 e. The molecule has 2 N–H and O–H groups in total. The molecular weight excluding hydrogens is 516 g/mol. The Morgan fingerprint density at radius 3 is 2.30 bits per heavy atom. The van der Waals surface area contributed by atoms with Crippen LogP contribution in [0.3, 0.4) is 0 Å². The molecule has 12 heteroatoms. The summed E-state index contributed by atoms with van der Waals surface area (Å²) >= 11 is 1.20. The summed E-state index contributed by atoms with van der Waals surface area (Å²) in [5, 5.41) is 5.51. The number of guanidine groups is 1. The van der Waals surface area contributed by atoms with Crippen molar-refractivity contribution < 1.29 is 21.6 Å². The first-order valence-corrected chi connectivity index (χ1v) is 10.5. The molecule has 0 aliphatic rings. The predicted molar refractivity (Wildman–Crippen MR) is 114 cm³/mol. The van der Waals surface area contributed by atoms with Crippen molar-refractivity contribution in [3.63, 3.8) is 0 Å². The van der Waals surface area contributed by atoms with Crippen molar-refractivity contribution in [2.24, 2.45) is 4.99 Å². The zero-order valence-corrected chi connectivity index (χ0v) is 19.4. The Hall–Kier alpha value is -0.600. The van der Waals surface area contributed by atoms with Crippen molar-refractivity contribution in [3.8, 4) is 0 Å². The van der Waals surface area contributed by atoms with Gasteiger partial charge in [-0.05, 0) is 18.6 Å². The quantitative estimate of drug-likeness (QED) is 0.286. The van der Waals surface area contributed by atoms with E-state index < -0.39 is 22.6 Å². The third-order valence-corrected chi connectivity index (χ3v) is 7.19. The van der Waals surface area contributed by atoms with E-state index in [1.165, 1.54) is 22.7 Å². The molecule has 1 aromatic rings. The van der Waals surface area contributed by atoms with Gasteiger partial charge in [-0.25, -0.2) is 8.42 Å². The minimum atomic E-state index is -4.21. The van der Waals surface area contributed by atoms with Gasteiger partial charge in [0.05, 0.1) is 6.42 Å². The van der Waals surface area contributed by atoms with E-state index in [-0.39, 0.29) is 36.5 Å². The lowest BCUT2D eigenvalue weighted by Gasteiger charge is -2.16. The zero-order valence-electron chi connectivity index (χ0n) is 15.5. The number of rotatable bonds is 9. The normalized spacial score (nSPS) is 12.8. The topological polar surface area (TPSA) is 73.8 Å². The molecule has 0 atom stereocenters. The summed E-state index contributed by atoms with van der Waals surface area (Å²) in [6.07, 6.45) is -4.61. The number of halogens is 4. The van der Waals surface area contributed by atoms with Gasteiger partial charge in [-0.1, -0.05) is 13.8 Å². The summed E-state index contributed by atoms with van der Waals surface area (Å²) in [7, 11) is -1.99. The van der Waals surface area contributed by atoms with E-state index >= 15 is 0 Å². The van der Waals surface area contributed by atoms with Gasteiger partial charge in [0.15, 0.2) is 5.96 Å². The Balaban J connectivity index is 0.00000676. The highest BCUT2D eigenvalue weighted by Crippen LogP contribution is 2.25. The van der Waals surface area contributed by atoms with Crippen LogP contribution in [0.2, 0.25) is 0 Å². The van der Waals surface area contributed by atoms with E-state index in [0.717, 1.165) is 4.88 Å². The maximum absolute atomic E-state index is 12.4. The smallest absolute Gasteiger partial charge is 0.356 e. The Morgan fingerprint density at radius 2 is 1.78 bits per heavy atom. The molecule has 0 fully saturated rings. The van der Waals surface area contributed by atoms with Crippen LogP contribution in [0.5, 0.6) is 0 Å². The summed E-state index contributed by atoms with van der Waals surface area (Å²) in [6.45, 7) is 4.57. The first-order chi connectivity index (χ1) is 12.1. The van der Waals surface area contributed by atoms with Crippen molar-refractivity contribution in [3.05, 3.63) is 17.0 Å². The van der Waals surface area contributed by atoms with Crippen molar-refractivity contribution in [1.82, 2.24) is 14.9 Å². The molecule has 6 nitrogen and oxygen atoms in total. The standard InChI is InChI=1S/C15H25F3N4O2S2.HI/c1-4-22(5-2)26(23,24)13-7-6-12(25-13)8-10-20-14(19-3)21-11-9-15(16,17)18;/h6-7H,4-5,8-11H2,1-3H3,(H2,19,20,21);1H. The largest absolute Gasteiger partial charge is 0.390 e. The van der Waals surface area contributed by atoms with Crippen LogP contribution in [-0.4, -0.2) is 58.1 Å². The van der Waals surface area contributed by atoms with Crippen molar-refractivity contribution in [2.75, 3.05) is 33.2 Å².